The summed E-state index contributed by atoms with van der Waals surface area (Å²) in [5.74, 6) is -0.0444. The Balaban J connectivity index is 1.60. The van der Waals surface area contributed by atoms with Crippen LogP contribution in [0.2, 0.25) is 0 Å². The third-order valence-electron chi connectivity index (χ3n) is 3.54. The largest absolute Gasteiger partial charge is 0.355 e. The zero-order chi connectivity index (χ0) is 14.9. The number of piperidine rings is 1. The summed E-state index contributed by atoms with van der Waals surface area (Å²) in [6, 6.07) is 9.81. The summed E-state index contributed by atoms with van der Waals surface area (Å²) in [6.07, 6.45) is 2.81. The molecule has 1 heterocycles. The fourth-order valence-electron chi connectivity index (χ4n) is 2.43. The summed E-state index contributed by atoms with van der Waals surface area (Å²) < 4.78 is 0. The van der Waals surface area contributed by atoms with E-state index in [9.17, 15) is 9.59 Å². The quantitative estimate of drug-likeness (QED) is 0.718. The molecule has 0 aliphatic carbocycles. The molecule has 1 aliphatic heterocycles. The van der Waals surface area contributed by atoms with E-state index in [0.29, 0.717) is 19.4 Å². The molecule has 3 N–H and O–H groups in total. The standard InChI is InChI=1S/C16H23N3O2/c20-15(19-14-7-4-9-17-12-14)8-10-18-16(21)11-13-5-2-1-3-6-13/h1-3,5-6,14,17H,4,7-12H2,(H,18,21)(H,19,20). The normalized spacial score (nSPS) is 18.0. The van der Waals surface area contributed by atoms with E-state index < -0.39 is 0 Å². The molecule has 0 spiro atoms. The number of hydrogen-bond donors (Lipinski definition) is 3. The van der Waals surface area contributed by atoms with Crippen LogP contribution in [0.15, 0.2) is 30.3 Å². The van der Waals surface area contributed by atoms with Gasteiger partial charge >= 0.3 is 0 Å². The van der Waals surface area contributed by atoms with E-state index in [1.54, 1.807) is 0 Å². The van der Waals surface area contributed by atoms with E-state index in [2.05, 4.69) is 16.0 Å². The molecule has 1 aromatic rings. The Morgan fingerprint density at radius 1 is 1.19 bits per heavy atom. The van der Waals surface area contributed by atoms with Gasteiger partial charge in [0.1, 0.15) is 0 Å². The number of carbonyl (C=O) groups is 2. The lowest BCUT2D eigenvalue weighted by atomic mass is 10.1. The van der Waals surface area contributed by atoms with Crippen LogP contribution in [0.3, 0.4) is 0 Å². The zero-order valence-corrected chi connectivity index (χ0v) is 12.2. The molecule has 5 nitrogen and oxygen atoms in total. The molecular formula is C16H23N3O2. The van der Waals surface area contributed by atoms with Crippen molar-refractivity contribution >= 4 is 11.8 Å². The van der Waals surface area contributed by atoms with Crippen LogP contribution in [-0.4, -0.2) is 37.5 Å². The number of amides is 2. The van der Waals surface area contributed by atoms with E-state index in [1.807, 2.05) is 30.3 Å². The second kappa shape index (κ2) is 8.42. The maximum Gasteiger partial charge on any atom is 0.224 e. The van der Waals surface area contributed by atoms with Gasteiger partial charge in [-0.3, -0.25) is 9.59 Å². The molecule has 1 aliphatic rings. The highest BCUT2D eigenvalue weighted by atomic mass is 16.2. The molecule has 1 fully saturated rings. The molecule has 2 amide bonds. The first-order chi connectivity index (χ1) is 10.2. The Morgan fingerprint density at radius 2 is 2.00 bits per heavy atom. The minimum Gasteiger partial charge on any atom is -0.355 e. The van der Waals surface area contributed by atoms with Crippen LogP contribution < -0.4 is 16.0 Å². The first kappa shape index (κ1) is 15.5. The molecule has 0 saturated carbocycles. The van der Waals surface area contributed by atoms with Crippen LogP contribution in [0, 0.1) is 0 Å². The van der Waals surface area contributed by atoms with Crippen LogP contribution in [0.4, 0.5) is 0 Å². The van der Waals surface area contributed by atoms with Crippen molar-refractivity contribution in [2.75, 3.05) is 19.6 Å². The van der Waals surface area contributed by atoms with Gasteiger partial charge in [0.25, 0.3) is 0 Å². The molecule has 0 radical (unpaired) electrons. The maximum atomic E-state index is 11.8. The lowest BCUT2D eigenvalue weighted by molar-refractivity contribution is -0.122. The first-order valence-corrected chi connectivity index (χ1v) is 7.55. The van der Waals surface area contributed by atoms with Gasteiger partial charge in [-0.05, 0) is 24.9 Å². The Labute approximate surface area is 125 Å². The highest BCUT2D eigenvalue weighted by Crippen LogP contribution is 2.01. The van der Waals surface area contributed by atoms with Gasteiger partial charge in [-0.15, -0.1) is 0 Å². The van der Waals surface area contributed by atoms with Crippen molar-refractivity contribution in [2.24, 2.45) is 0 Å². The van der Waals surface area contributed by atoms with Crippen molar-refractivity contribution in [1.29, 1.82) is 0 Å². The molecule has 1 atom stereocenters. The third-order valence-corrected chi connectivity index (χ3v) is 3.54. The SMILES string of the molecule is O=C(Cc1ccccc1)NCCC(=O)NC1CCCNC1. The topological polar surface area (TPSA) is 70.2 Å². The van der Waals surface area contributed by atoms with E-state index in [1.165, 1.54) is 0 Å². The lowest BCUT2D eigenvalue weighted by Gasteiger charge is -2.23. The third kappa shape index (κ3) is 5.95. The molecule has 2 rings (SSSR count). The smallest absolute Gasteiger partial charge is 0.224 e. The number of carbonyl (C=O) groups excluding carboxylic acids is 2. The van der Waals surface area contributed by atoms with Crippen LogP contribution in [0.25, 0.3) is 0 Å². The molecular weight excluding hydrogens is 266 g/mol. The molecule has 5 heteroatoms. The minimum atomic E-state index is -0.0478. The Morgan fingerprint density at radius 3 is 2.71 bits per heavy atom. The maximum absolute atomic E-state index is 11.8. The van der Waals surface area contributed by atoms with Gasteiger partial charge < -0.3 is 16.0 Å². The molecule has 114 valence electrons. The highest BCUT2D eigenvalue weighted by molar-refractivity contribution is 5.80. The molecule has 0 aromatic heterocycles. The van der Waals surface area contributed by atoms with E-state index in [0.717, 1.165) is 31.5 Å². The average Bonchev–Trinajstić information content (AvgIpc) is 2.49. The fraction of sp³-hybridized carbons (Fsp3) is 0.500. The number of hydrogen-bond acceptors (Lipinski definition) is 3. The van der Waals surface area contributed by atoms with E-state index in [-0.39, 0.29) is 17.9 Å². The van der Waals surface area contributed by atoms with Crippen molar-refractivity contribution < 1.29 is 9.59 Å². The van der Waals surface area contributed by atoms with Crippen LogP contribution in [0.5, 0.6) is 0 Å². The molecule has 1 aromatic carbocycles. The minimum absolute atomic E-state index is 0.00344. The van der Waals surface area contributed by atoms with Crippen LogP contribution in [0.1, 0.15) is 24.8 Å². The summed E-state index contributed by atoms with van der Waals surface area (Å²) in [6.45, 7) is 2.26. The summed E-state index contributed by atoms with van der Waals surface area (Å²) in [7, 11) is 0. The number of rotatable bonds is 6. The zero-order valence-electron chi connectivity index (χ0n) is 12.2. The lowest BCUT2D eigenvalue weighted by Crippen LogP contribution is -2.46. The van der Waals surface area contributed by atoms with Gasteiger partial charge in [0.05, 0.1) is 6.42 Å². The van der Waals surface area contributed by atoms with Crippen LogP contribution in [-0.2, 0) is 16.0 Å². The van der Waals surface area contributed by atoms with Gasteiger partial charge in [-0.2, -0.15) is 0 Å². The Kier molecular flexibility index (Phi) is 6.22. The fourth-order valence-corrected chi connectivity index (χ4v) is 2.43. The van der Waals surface area contributed by atoms with Gasteiger partial charge in [0.2, 0.25) is 11.8 Å². The summed E-state index contributed by atoms with van der Waals surface area (Å²) >= 11 is 0. The van der Waals surface area contributed by atoms with Gasteiger partial charge in [-0.1, -0.05) is 30.3 Å². The summed E-state index contributed by atoms with van der Waals surface area (Å²) in [5, 5.41) is 9.03. The van der Waals surface area contributed by atoms with E-state index in [4.69, 9.17) is 0 Å². The van der Waals surface area contributed by atoms with Gasteiger partial charge in [0.15, 0.2) is 0 Å². The van der Waals surface area contributed by atoms with Crippen molar-refractivity contribution in [3.05, 3.63) is 35.9 Å². The average molecular weight is 289 g/mol. The predicted octanol–water partition coefficient (Wildman–Crippen LogP) is 0.604. The first-order valence-electron chi connectivity index (χ1n) is 7.55. The van der Waals surface area contributed by atoms with Gasteiger partial charge in [0, 0.05) is 25.6 Å². The van der Waals surface area contributed by atoms with Gasteiger partial charge in [-0.25, -0.2) is 0 Å². The van der Waals surface area contributed by atoms with E-state index >= 15 is 0 Å². The van der Waals surface area contributed by atoms with Crippen LogP contribution >= 0.6 is 0 Å². The monoisotopic (exact) mass is 289 g/mol. The molecule has 21 heavy (non-hydrogen) atoms. The number of nitrogens with one attached hydrogen (secondary N) is 3. The number of benzene rings is 1. The Bertz CT molecular complexity index is 456. The van der Waals surface area contributed by atoms with Crippen molar-refractivity contribution in [3.63, 3.8) is 0 Å². The van der Waals surface area contributed by atoms with Crippen molar-refractivity contribution in [1.82, 2.24) is 16.0 Å². The van der Waals surface area contributed by atoms with Crippen molar-refractivity contribution in [3.8, 4) is 0 Å². The Hall–Kier alpha value is -1.88. The highest BCUT2D eigenvalue weighted by Gasteiger charge is 2.15. The second-order valence-electron chi connectivity index (χ2n) is 5.37. The molecule has 0 bridgehead atoms. The molecule has 1 saturated heterocycles. The predicted molar refractivity (Wildman–Crippen MR) is 81.8 cm³/mol. The summed E-state index contributed by atoms with van der Waals surface area (Å²) in [4.78, 5) is 23.5. The van der Waals surface area contributed by atoms with Crippen molar-refractivity contribution in [2.45, 2.75) is 31.7 Å². The molecule has 1 unspecified atom stereocenters. The summed E-state index contributed by atoms with van der Waals surface area (Å²) in [5.41, 5.74) is 0.979. The second-order valence-corrected chi connectivity index (χ2v) is 5.37.